The molecule has 1 rings (SSSR count). The standard InChI is InChI=1S/C9H15N3O2/c1-5-14-8(13)9(2,3)7-6-10-11-12(7)4/h6H,5H2,1-4H3. The van der Waals surface area contributed by atoms with E-state index in [0.717, 1.165) is 5.69 Å². The highest BCUT2D eigenvalue weighted by Crippen LogP contribution is 2.22. The number of esters is 1. The molecule has 0 amide bonds. The van der Waals surface area contributed by atoms with E-state index in [-0.39, 0.29) is 5.97 Å². The Kier molecular flexibility index (Phi) is 2.88. The van der Waals surface area contributed by atoms with Gasteiger partial charge in [0, 0.05) is 7.05 Å². The SMILES string of the molecule is CCOC(=O)C(C)(C)c1cnnn1C. The second kappa shape index (κ2) is 3.77. The van der Waals surface area contributed by atoms with E-state index in [1.54, 1.807) is 38.7 Å². The maximum atomic E-state index is 11.6. The highest BCUT2D eigenvalue weighted by atomic mass is 16.5. The Hall–Kier alpha value is -1.39. The summed E-state index contributed by atoms with van der Waals surface area (Å²) in [5.41, 5.74) is 0.0461. The average Bonchev–Trinajstić information content (AvgIpc) is 2.52. The third kappa shape index (κ3) is 1.76. The van der Waals surface area contributed by atoms with Crippen LogP contribution >= 0.6 is 0 Å². The van der Waals surface area contributed by atoms with Crippen LogP contribution in [0.4, 0.5) is 0 Å². The van der Waals surface area contributed by atoms with Crippen molar-refractivity contribution in [3.63, 3.8) is 0 Å². The van der Waals surface area contributed by atoms with Gasteiger partial charge in [-0.25, -0.2) is 0 Å². The zero-order valence-electron chi connectivity index (χ0n) is 8.94. The van der Waals surface area contributed by atoms with E-state index in [4.69, 9.17) is 4.74 Å². The summed E-state index contributed by atoms with van der Waals surface area (Å²) in [4.78, 5) is 11.6. The van der Waals surface area contributed by atoms with Crippen LogP contribution in [0.1, 0.15) is 26.5 Å². The van der Waals surface area contributed by atoms with Gasteiger partial charge in [0.25, 0.3) is 0 Å². The molecule has 0 aliphatic carbocycles. The van der Waals surface area contributed by atoms with Crippen LogP contribution in [-0.4, -0.2) is 27.6 Å². The predicted molar refractivity (Wildman–Crippen MR) is 50.7 cm³/mol. The summed E-state index contributed by atoms with van der Waals surface area (Å²) in [6.07, 6.45) is 1.58. The maximum absolute atomic E-state index is 11.6. The fourth-order valence-electron chi connectivity index (χ4n) is 1.27. The lowest BCUT2D eigenvalue weighted by Crippen LogP contribution is -2.33. The van der Waals surface area contributed by atoms with Gasteiger partial charge in [-0.05, 0) is 20.8 Å². The molecule has 14 heavy (non-hydrogen) atoms. The summed E-state index contributed by atoms with van der Waals surface area (Å²) in [5.74, 6) is -0.259. The Morgan fingerprint density at radius 3 is 2.71 bits per heavy atom. The van der Waals surface area contributed by atoms with E-state index in [2.05, 4.69) is 10.3 Å². The number of nitrogens with zero attached hydrogens (tertiary/aromatic N) is 3. The van der Waals surface area contributed by atoms with E-state index in [9.17, 15) is 4.79 Å². The number of carbonyl (C=O) groups is 1. The van der Waals surface area contributed by atoms with Crippen molar-refractivity contribution >= 4 is 5.97 Å². The third-order valence-corrected chi connectivity index (χ3v) is 2.14. The van der Waals surface area contributed by atoms with E-state index in [1.165, 1.54) is 0 Å². The lowest BCUT2D eigenvalue weighted by Gasteiger charge is -2.21. The van der Waals surface area contributed by atoms with Crippen LogP contribution in [0.2, 0.25) is 0 Å². The van der Waals surface area contributed by atoms with E-state index in [1.807, 2.05) is 0 Å². The van der Waals surface area contributed by atoms with Crippen LogP contribution in [0.3, 0.4) is 0 Å². The molecule has 0 bridgehead atoms. The lowest BCUT2D eigenvalue weighted by molar-refractivity contribution is -0.149. The number of ether oxygens (including phenoxy) is 1. The van der Waals surface area contributed by atoms with Crippen molar-refractivity contribution in [3.8, 4) is 0 Å². The molecule has 0 aliphatic heterocycles. The summed E-state index contributed by atoms with van der Waals surface area (Å²) in [7, 11) is 1.75. The lowest BCUT2D eigenvalue weighted by atomic mass is 9.90. The van der Waals surface area contributed by atoms with Gasteiger partial charge in [-0.3, -0.25) is 9.48 Å². The largest absolute Gasteiger partial charge is 0.465 e. The summed E-state index contributed by atoms with van der Waals surface area (Å²) >= 11 is 0. The quantitative estimate of drug-likeness (QED) is 0.668. The van der Waals surface area contributed by atoms with Crippen molar-refractivity contribution in [2.75, 3.05) is 6.61 Å². The molecule has 0 aliphatic rings. The van der Waals surface area contributed by atoms with Crippen molar-refractivity contribution in [1.82, 2.24) is 15.0 Å². The van der Waals surface area contributed by atoms with Crippen LogP contribution in [0, 0.1) is 0 Å². The second-order valence-corrected chi connectivity index (χ2v) is 3.59. The van der Waals surface area contributed by atoms with Crippen LogP contribution in [-0.2, 0) is 22.0 Å². The number of aromatic nitrogens is 3. The number of hydrogen-bond acceptors (Lipinski definition) is 4. The molecule has 0 aromatic carbocycles. The topological polar surface area (TPSA) is 57.0 Å². The minimum atomic E-state index is -0.700. The third-order valence-electron chi connectivity index (χ3n) is 2.14. The molecular weight excluding hydrogens is 182 g/mol. The molecule has 0 N–H and O–H groups in total. The van der Waals surface area contributed by atoms with Gasteiger partial charge in [-0.15, -0.1) is 5.10 Å². The van der Waals surface area contributed by atoms with E-state index < -0.39 is 5.41 Å². The molecule has 0 saturated heterocycles. The first-order valence-corrected chi connectivity index (χ1v) is 4.52. The normalized spacial score (nSPS) is 11.4. The first-order valence-electron chi connectivity index (χ1n) is 4.52. The zero-order chi connectivity index (χ0) is 10.8. The second-order valence-electron chi connectivity index (χ2n) is 3.59. The average molecular weight is 197 g/mol. The minimum absolute atomic E-state index is 0.259. The maximum Gasteiger partial charge on any atom is 0.317 e. The van der Waals surface area contributed by atoms with E-state index in [0.29, 0.717) is 6.61 Å². The summed E-state index contributed by atoms with van der Waals surface area (Å²) in [6.45, 7) is 5.76. The van der Waals surface area contributed by atoms with Gasteiger partial charge in [0.05, 0.1) is 18.5 Å². The molecule has 78 valence electrons. The van der Waals surface area contributed by atoms with Crippen molar-refractivity contribution < 1.29 is 9.53 Å². The van der Waals surface area contributed by atoms with Gasteiger partial charge in [0.2, 0.25) is 0 Å². The Morgan fingerprint density at radius 2 is 2.29 bits per heavy atom. The van der Waals surface area contributed by atoms with Gasteiger partial charge in [0.15, 0.2) is 0 Å². The van der Waals surface area contributed by atoms with Gasteiger partial charge < -0.3 is 4.74 Å². The fourth-order valence-corrected chi connectivity index (χ4v) is 1.27. The van der Waals surface area contributed by atoms with Crippen molar-refractivity contribution in [2.24, 2.45) is 7.05 Å². The van der Waals surface area contributed by atoms with Crippen LogP contribution < -0.4 is 0 Å². The predicted octanol–water partition coefficient (Wildman–Crippen LogP) is 0.656. The first kappa shape index (κ1) is 10.7. The number of rotatable bonds is 3. The van der Waals surface area contributed by atoms with Crippen molar-refractivity contribution in [2.45, 2.75) is 26.2 Å². The monoisotopic (exact) mass is 197 g/mol. The molecule has 0 unspecified atom stereocenters. The minimum Gasteiger partial charge on any atom is -0.465 e. The van der Waals surface area contributed by atoms with E-state index >= 15 is 0 Å². The molecule has 0 saturated carbocycles. The van der Waals surface area contributed by atoms with Gasteiger partial charge in [-0.2, -0.15) is 0 Å². The number of carbonyl (C=O) groups excluding carboxylic acids is 1. The molecule has 0 atom stereocenters. The first-order chi connectivity index (χ1) is 6.50. The highest BCUT2D eigenvalue weighted by Gasteiger charge is 2.34. The highest BCUT2D eigenvalue weighted by molar-refractivity contribution is 5.81. The van der Waals surface area contributed by atoms with Gasteiger partial charge in [-0.1, -0.05) is 5.21 Å². The Morgan fingerprint density at radius 1 is 1.64 bits per heavy atom. The fraction of sp³-hybridized carbons (Fsp3) is 0.667. The Balaban J connectivity index is 2.95. The van der Waals surface area contributed by atoms with Crippen LogP contribution in [0.15, 0.2) is 6.20 Å². The Labute approximate surface area is 83.1 Å². The van der Waals surface area contributed by atoms with Gasteiger partial charge in [0.1, 0.15) is 5.41 Å². The van der Waals surface area contributed by atoms with Crippen LogP contribution in [0.5, 0.6) is 0 Å². The molecular formula is C9H15N3O2. The number of hydrogen-bond donors (Lipinski definition) is 0. The molecule has 0 fully saturated rings. The molecule has 5 nitrogen and oxygen atoms in total. The Bertz CT molecular complexity index is 331. The summed E-state index contributed by atoms with van der Waals surface area (Å²) < 4.78 is 6.56. The molecule has 0 spiro atoms. The van der Waals surface area contributed by atoms with Crippen LogP contribution in [0.25, 0.3) is 0 Å². The van der Waals surface area contributed by atoms with Crippen molar-refractivity contribution in [3.05, 3.63) is 11.9 Å². The number of aryl methyl sites for hydroxylation is 1. The molecule has 1 heterocycles. The summed E-state index contributed by atoms with van der Waals surface area (Å²) in [6, 6.07) is 0. The summed E-state index contributed by atoms with van der Waals surface area (Å²) in [5, 5.41) is 7.52. The van der Waals surface area contributed by atoms with Gasteiger partial charge >= 0.3 is 5.97 Å². The zero-order valence-corrected chi connectivity index (χ0v) is 8.94. The molecule has 5 heteroatoms. The molecule has 1 aromatic rings. The smallest absolute Gasteiger partial charge is 0.317 e. The molecule has 1 aromatic heterocycles. The molecule has 0 radical (unpaired) electrons. The van der Waals surface area contributed by atoms with Crippen molar-refractivity contribution in [1.29, 1.82) is 0 Å².